The number of piperazine rings is 1. The van der Waals surface area contributed by atoms with Gasteiger partial charge in [0.2, 0.25) is 5.91 Å². The second kappa shape index (κ2) is 11.6. The molecular formula is C28H34N4O5S2. The van der Waals surface area contributed by atoms with E-state index < -0.39 is 27.9 Å². The summed E-state index contributed by atoms with van der Waals surface area (Å²) in [7, 11) is -3.88. The summed E-state index contributed by atoms with van der Waals surface area (Å²) in [5.74, 6) is -0.808. The van der Waals surface area contributed by atoms with Crippen molar-refractivity contribution >= 4 is 44.5 Å². The summed E-state index contributed by atoms with van der Waals surface area (Å²) in [6.45, 7) is 5.55. The topological polar surface area (TPSA) is 99.3 Å². The molecule has 2 aliphatic heterocycles. The van der Waals surface area contributed by atoms with E-state index in [4.69, 9.17) is 4.74 Å². The number of carbonyl (C=O) groups excluding carboxylic acids is 2. The first-order valence-corrected chi connectivity index (χ1v) is 15.7. The first kappa shape index (κ1) is 27.6. The maximum absolute atomic E-state index is 13.8. The predicted octanol–water partition coefficient (Wildman–Crippen LogP) is 3.07. The Kier molecular flexibility index (Phi) is 8.22. The fourth-order valence-corrected chi connectivity index (χ4v) is 8.37. The Labute approximate surface area is 233 Å². The van der Waals surface area contributed by atoms with Crippen molar-refractivity contribution in [1.82, 2.24) is 14.5 Å². The number of benzene rings is 1. The van der Waals surface area contributed by atoms with Crippen LogP contribution in [0, 0.1) is 0 Å². The number of amides is 1. The van der Waals surface area contributed by atoms with Crippen molar-refractivity contribution in [2.24, 2.45) is 0 Å². The molecule has 1 unspecified atom stereocenters. The lowest BCUT2D eigenvalue weighted by Crippen LogP contribution is -2.60. The van der Waals surface area contributed by atoms with Crippen molar-refractivity contribution < 1.29 is 22.7 Å². The fraction of sp³-hybridized carbons (Fsp3) is 0.429. The van der Waals surface area contributed by atoms with Gasteiger partial charge in [-0.05, 0) is 55.9 Å². The highest BCUT2D eigenvalue weighted by Crippen LogP contribution is 2.43. The number of nitrogens with one attached hydrogen (secondary N) is 1. The first-order chi connectivity index (χ1) is 18.8. The van der Waals surface area contributed by atoms with Crippen LogP contribution in [0.3, 0.4) is 0 Å². The van der Waals surface area contributed by atoms with Crippen LogP contribution in [0.5, 0.6) is 0 Å². The number of para-hydroxylation sites is 1. The average Bonchev–Trinajstić information content (AvgIpc) is 3.51. The lowest BCUT2D eigenvalue weighted by molar-refractivity contribution is -0.145. The number of rotatable bonds is 8. The van der Waals surface area contributed by atoms with Crippen LogP contribution < -0.4 is 10.2 Å². The highest BCUT2D eigenvalue weighted by Gasteiger charge is 2.41. The van der Waals surface area contributed by atoms with Crippen molar-refractivity contribution in [2.75, 3.05) is 44.2 Å². The molecule has 208 valence electrons. The molecule has 3 aliphatic rings. The molecule has 0 bridgehead atoms. The van der Waals surface area contributed by atoms with E-state index in [0.29, 0.717) is 12.2 Å². The van der Waals surface area contributed by atoms with E-state index >= 15 is 0 Å². The molecule has 2 atom stereocenters. The van der Waals surface area contributed by atoms with Crippen LogP contribution in [0.15, 0.2) is 63.8 Å². The van der Waals surface area contributed by atoms with E-state index in [1.807, 2.05) is 24.3 Å². The van der Waals surface area contributed by atoms with Crippen molar-refractivity contribution in [1.29, 1.82) is 0 Å². The molecule has 1 fully saturated rings. The largest absolute Gasteiger partial charge is 0.465 e. The molecule has 11 heteroatoms. The summed E-state index contributed by atoms with van der Waals surface area (Å²) in [6.07, 6.45) is 5.74. The van der Waals surface area contributed by atoms with Gasteiger partial charge in [-0.3, -0.25) is 14.5 Å². The van der Waals surface area contributed by atoms with E-state index in [2.05, 4.69) is 29.3 Å². The van der Waals surface area contributed by atoms with Crippen LogP contribution in [0.2, 0.25) is 0 Å². The fourth-order valence-electron chi connectivity index (χ4n) is 5.68. The Balaban J connectivity index is 1.41. The Bertz CT molecular complexity index is 1390. The maximum atomic E-state index is 13.8. The van der Waals surface area contributed by atoms with Crippen LogP contribution >= 0.6 is 11.3 Å². The van der Waals surface area contributed by atoms with E-state index in [0.717, 1.165) is 41.9 Å². The van der Waals surface area contributed by atoms with E-state index in [9.17, 15) is 18.0 Å². The highest BCUT2D eigenvalue weighted by atomic mass is 32.2. The first-order valence-electron chi connectivity index (χ1n) is 13.4. The normalized spacial score (nSPS) is 21.8. The van der Waals surface area contributed by atoms with Gasteiger partial charge >= 0.3 is 5.97 Å². The molecule has 1 aromatic carbocycles. The quantitative estimate of drug-likeness (QED) is 0.487. The molecule has 3 heterocycles. The maximum Gasteiger partial charge on any atom is 0.320 e. The number of sulfonamides is 1. The number of ether oxygens (including phenoxy) is 1. The number of anilines is 1. The second-order valence-corrected chi connectivity index (χ2v) is 12.8. The monoisotopic (exact) mass is 570 g/mol. The van der Waals surface area contributed by atoms with Gasteiger partial charge in [0, 0.05) is 43.1 Å². The van der Waals surface area contributed by atoms with Gasteiger partial charge in [-0.15, -0.1) is 11.3 Å². The number of thiophene rings is 1. The van der Waals surface area contributed by atoms with Gasteiger partial charge in [-0.25, -0.2) is 8.42 Å². The molecular weight excluding hydrogens is 536 g/mol. The minimum absolute atomic E-state index is 0.00255. The number of esters is 1. The third-order valence-corrected chi connectivity index (χ3v) is 10.7. The number of hydrogen-bond acceptors (Lipinski definition) is 8. The van der Waals surface area contributed by atoms with Gasteiger partial charge in [-0.1, -0.05) is 30.3 Å². The molecule has 1 aliphatic carbocycles. The number of likely N-dealkylation sites (N-methyl/N-ethyl adjacent to an activating group) is 1. The van der Waals surface area contributed by atoms with E-state index in [1.165, 1.54) is 9.99 Å². The summed E-state index contributed by atoms with van der Waals surface area (Å²) in [5, 5.41) is 4.74. The Morgan fingerprint density at radius 1 is 1.13 bits per heavy atom. The molecule has 5 rings (SSSR count). The van der Waals surface area contributed by atoms with Crippen molar-refractivity contribution in [3.8, 4) is 0 Å². The third-order valence-electron chi connectivity index (χ3n) is 7.42. The van der Waals surface area contributed by atoms with Crippen LogP contribution in [0.4, 0.5) is 5.69 Å². The van der Waals surface area contributed by atoms with E-state index in [1.54, 1.807) is 29.3 Å². The van der Waals surface area contributed by atoms with Gasteiger partial charge in [0.1, 0.15) is 10.3 Å². The smallest absolute Gasteiger partial charge is 0.320 e. The van der Waals surface area contributed by atoms with Crippen LogP contribution in [0.1, 0.15) is 32.3 Å². The Hall–Kier alpha value is -2.99. The zero-order valence-corrected chi connectivity index (χ0v) is 23.8. The van der Waals surface area contributed by atoms with Crippen molar-refractivity contribution in [3.05, 3.63) is 65.2 Å². The molecule has 2 aromatic rings. The third kappa shape index (κ3) is 5.54. The summed E-state index contributed by atoms with van der Waals surface area (Å²) >= 11 is 1.13. The van der Waals surface area contributed by atoms with Gasteiger partial charge in [-0.2, -0.15) is 4.31 Å². The van der Waals surface area contributed by atoms with E-state index in [-0.39, 0.29) is 36.5 Å². The Morgan fingerprint density at radius 2 is 1.95 bits per heavy atom. The van der Waals surface area contributed by atoms with Crippen LogP contribution in [-0.4, -0.2) is 80.9 Å². The second-order valence-electron chi connectivity index (χ2n) is 9.75. The number of carbonyl (C=O) groups is 2. The number of allylic oxidation sites excluding steroid dienone is 2. The Morgan fingerprint density at radius 3 is 2.69 bits per heavy atom. The molecule has 9 nitrogen and oxygen atoms in total. The molecule has 1 aromatic heterocycles. The van der Waals surface area contributed by atoms with Gasteiger partial charge < -0.3 is 15.0 Å². The van der Waals surface area contributed by atoms with Gasteiger partial charge in [0.05, 0.1) is 19.2 Å². The van der Waals surface area contributed by atoms with Crippen LogP contribution in [0.25, 0.3) is 5.57 Å². The minimum atomic E-state index is -3.88. The SMILES string of the molecule is CCOC(=O)CN1CCN(S(=O)(=O)c2cccs2)[C@H](C(=O)NC2=CCCC3C(=C2)c2ccccc2N3CC)C1. The molecule has 0 radical (unpaired) electrons. The van der Waals surface area contributed by atoms with Gasteiger partial charge in [0.15, 0.2) is 0 Å². The van der Waals surface area contributed by atoms with Crippen molar-refractivity contribution in [3.63, 3.8) is 0 Å². The molecule has 1 amide bonds. The summed E-state index contributed by atoms with van der Waals surface area (Å²) in [6, 6.07) is 10.8. The molecule has 0 spiro atoms. The summed E-state index contributed by atoms with van der Waals surface area (Å²) in [5.41, 5.74) is 4.18. The lowest BCUT2D eigenvalue weighted by Gasteiger charge is -2.39. The lowest BCUT2D eigenvalue weighted by atomic mass is 10.00. The van der Waals surface area contributed by atoms with Gasteiger partial charge in [0.25, 0.3) is 10.0 Å². The highest BCUT2D eigenvalue weighted by molar-refractivity contribution is 7.91. The zero-order chi connectivity index (χ0) is 27.6. The minimum Gasteiger partial charge on any atom is -0.465 e. The summed E-state index contributed by atoms with van der Waals surface area (Å²) in [4.78, 5) is 30.1. The standard InChI is InChI=1S/C28H34N4O5S2/c1-3-31-23-11-6-5-10-21(23)22-17-20(9-7-12-24(22)31)29-28(34)25-18-30(19-26(33)37-4-2)14-15-32(25)39(35,36)27-13-8-16-38-27/h5-6,8-11,13,16-17,24-25H,3-4,7,12,14-15,18-19H2,1-2H3,(H,29,34)/t24?,25-/m0/s1. The molecule has 39 heavy (non-hydrogen) atoms. The number of fused-ring (bicyclic) bond motifs is 3. The number of hydrogen-bond donors (Lipinski definition) is 1. The molecule has 0 saturated carbocycles. The number of nitrogens with zero attached hydrogens (tertiary/aromatic N) is 3. The van der Waals surface area contributed by atoms with Crippen molar-refractivity contribution in [2.45, 2.75) is 43.0 Å². The zero-order valence-electron chi connectivity index (χ0n) is 22.2. The predicted molar refractivity (Wildman–Crippen MR) is 152 cm³/mol. The average molecular weight is 571 g/mol. The molecule has 1 saturated heterocycles. The molecule has 1 N–H and O–H groups in total. The summed E-state index contributed by atoms with van der Waals surface area (Å²) < 4.78 is 33.6. The van der Waals surface area contributed by atoms with Crippen LogP contribution in [-0.2, 0) is 24.3 Å².